The summed E-state index contributed by atoms with van der Waals surface area (Å²) in [5.74, 6) is 1.80. The van der Waals surface area contributed by atoms with Crippen molar-refractivity contribution in [3.8, 4) is 0 Å². The van der Waals surface area contributed by atoms with E-state index in [0.717, 1.165) is 38.5 Å². The Morgan fingerprint density at radius 2 is 2.03 bits per heavy atom. The summed E-state index contributed by atoms with van der Waals surface area (Å²) in [6, 6.07) is 0. The molecule has 29 heavy (non-hydrogen) atoms. The van der Waals surface area contributed by atoms with E-state index in [-0.39, 0.29) is 23.7 Å². The Morgan fingerprint density at radius 1 is 1.28 bits per heavy atom. The third kappa shape index (κ3) is 7.40. The molecule has 1 saturated carbocycles. The lowest BCUT2D eigenvalue weighted by Crippen LogP contribution is -2.21. The molecule has 164 valence electrons. The topological polar surface area (TPSA) is 57.6 Å². The van der Waals surface area contributed by atoms with E-state index in [1.165, 1.54) is 18.4 Å². The van der Waals surface area contributed by atoms with Gasteiger partial charge in [-0.25, -0.2) is 0 Å². The number of hydrogen-bond donors (Lipinski definition) is 1. The average molecular weight is 404 g/mol. The third-order valence-electron chi connectivity index (χ3n) is 6.69. The van der Waals surface area contributed by atoms with E-state index >= 15 is 0 Å². The van der Waals surface area contributed by atoms with Crippen molar-refractivity contribution in [2.75, 3.05) is 14.1 Å². The molecular weight excluding hydrogens is 362 g/mol. The highest BCUT2D eigenvalue weighted by Crippen LogP contribution is 2.48. The van der Waals surface area contributed by atoms with Crippen LogP contribution in [0.5, 0.6) is 0 Å². The summed E-state index contributed by atoms with van der Waals surface area (Å²) in [6.45, 7) is 4.33. The van der Waals surface area contributed by atoms with E-state index in [1.807, 2.05) is 6.08 Å². The number of unbranched alkanes of at least 4 members (excludes halogenated alkanes) is 2. The van der Waals surface area contributed by atoms with Gasteiger partial charge in [-0.1, -0.05) is 50.8 Å². The number of carbonyl (C=O) groups excluding carboxylic acids is 2. The van der Waals surface area contributed by atoms with E-state index in [0.29, 0.717) is 30.6 Å². The lowest BCUT2D eigenvalue weighted by Gasteiger charge is -2.18. The minimum Gasteiger partial charge on any atom is -0.392 e. The van der Waals surface area contributed by atoms with Gasteiger partial charge >= 0.3 is 0 Å². The number of nitrogens with zero attached hydrogens (tertiary/aromatic N) is 1. The first-order chi connectivity index (χ1) is 13.8. The zero-order valence-corrected chi connectivity index (χ0v) is 18.9. The highest BCUT2D eigenvalue weighted by Gasteiger charge is 2.43. The number of aliphatic hydroxyl groups excluding tert-OH is 1. The van der Waals surface area contributed by atoms with E-state index in [4.69, 9.17) is 0 Å². The lowest BCUT2D eigenvalue weighted by atomic mass is 9.88. The first-order valence-corrected chi connectivity index (χ1v) is 11.6. The van der Waals surface area contributed by atoms with Gasteiger partial charge in [0.15, 0.2) is 5.78 Å². The summed E-state index contributed by atoms with van der Waals surface area (Å²) in [5.41, 5.74) is 1.47. The number of amides is 1. The minimum atomic E-state index is -0.331. The first kappa shape index (κ1) is 23.9. The standard InChI is InChI=1S/C25H41NO3/c1-5-6-9-18(2)14-21(27)12-13-22-23-16-19(15-20(23)17-24(22)28)10-7-8-11-25(29)26(3)4/h12-13,15,18,20,22-24,28H,5-11,14,16-17H2,1-4H3/b13-12+/t18-,20-,22+,23-,24+/m0/s1. The summed E-state index contributed by atoms with van der Waals surface area (Å²) >= 11 is 0. The Labute approximate surface area is 177 Å². The van der Waals surface area contributed by atoms with Crippen molar-refractivity contribution in [3.63, 3.8) is 0 Å². The summed E-state index contributed by atoms with van der Waals surface area (Å²) in [6.07, 6.45) is 15.3. The second-order valence-corrected chi connectivity index (χ2v) is 9.51. The fourth-order valence-corrected chi connectivity index (χ4v) is 4.93. The predicted octanol–water partition coefficient (Wildman–Crippen LogP) is 4.92. The SMILES string of the molecule is CCCC[C@H](C)CC(=O)/C=C/[C@@H]1[C@H]2CC(CCCCC(=O)N(C)C)=C[C@H]2C[C@H]1O. The van der Waals surface area contributed by atoms with Gasteiger partial charge in [0.1, 0.15) is 0 Å². The minimum absolute atomic E-state index is 0.0963. The first-order valence-electron chi connectivity index (χ1n) is 11.6. The highest BCUT2D eigenvalue weighted by atomic mass is 16.3. The number of carbonyl (C=O) groups is 2. The Hall–Kier alpha value is -1.42. The molecule has 0 unspecified atom stereocenters. The molecule has 2 aliphatic rings. The Balaban J connectivity index is 1.77. The van der Waals surface area contributed by atoms with E-state index in [2.05, 4.69) is 19.9 Å². The van der Waals surface area contributed by atoms with Crippen LogP contribution in [0.25, 0.3) is 0 Å². The fourth-order valence-electron chi connectivity index (χ4n) is 4.93. The van der Waals surface area contributed by atoms with E-state index in [1.54, 1.807) is 25.1 Å². The Kier molecular flexibility index (Phi) is 9.61. The molecule has 0 aliphatic heterocycles. The van der Waals surface area contributed by atoms with Crippen molar-refractivity contribution < 1.29 is 14.7 Å². The normalized spacial score (nSPS) is 27.1. The van der Waals surface area contributed by atoms with Gasteiger partial charge < -0.3 is 10.0 Å². The molecule has 0 heterocycles. The lowest BCUT2D eigenvalue weighted by molar-refractivity contribution is -0.128. The summed E-state index contributed by atoms with van der Waals surface area (Å²) in [5, 5.41) is 10.5. The van der Waals surface area contributed by atoms with Gasteiger partial charge in [0.05, 0.1) is 6.10 Å². The number of aliphatic hydroxyl groups is 1. The summed E-state index contributed by atoms with van der Waals surface area (Å²) in [7, 11) is 3.61. The molecule has 5 atom stereocenters. The number of rotatable bonds is 12. The van der Waals surface area contributed by atoms with Crippen molar-refractivity contribution >= 4 is 11.7 Å². The molecule has 0 aromatic carbocycles. The molecule has 1 fully saturated rings. The Morgan fingerprint density at radius 3 is 2.72 bits per heavy atom. The molecule has 0 saturated heterocycles. The maximum absolute atomic E-state index is 12.3. The van der Waals surface area contributed by atoms with Crippen LogP contribution in [0.2, 0.25) is 0 Å². The van der Waals surface area contributed by atoms with Crippen LogP contribution in [-0.2, 0) is 9.59 Å². The molecule has 0 aromatic rings. The number of ketones is 1. The van der Waals surface area contributed by atoms with E-state index < -0.39 is 0 Å². The van der Waals surface area contributed by atoms with Crippen LogP contribution in [0.3, 0.4) is 0 Å². The average Bonchev–Trinajstić information content (AvgIpc) is 3.17. The van der Waals surface area contributed by atoms with Gasteiger partial charge in [-0.05, 0) is 55.9 Å². The number of allylic oxidation sites excluding steroid dienone is 3. The largest absolute Gasteiger partial charge is 0.392 e. The molecule has 0 radical (unpaired) electrons. The second-order valence-electron chi connectivity index (χ2n) is 9.51. The van der Waals surface area contributed by atoms with Gasteiger partial charge in [0.2, 0.25) is 5.91 Å². The fraction of sp³-hybridized carbons (Fsp3) is 0.760. The van der Waals surface area contributed by atoms with Gasteiger partial charge in [-0.2, -0.15) is 0 Å². The maximum Gasteiger partial charge on any atom is 0.222 e. The quantitative estimate of drug-likeness (QED) is 0.286. The van der Waals surface area contributed by atoms with Crippen molar-refractivity contribution in [1.82, 2.24) is 4.90 Å². The molecule has 2 rings (SSSR count). The van der Waals surface area contributed by atoms with Crippen LogP contribution >= 0.6 is 0 Å². The summed E-state index contributed by atoms with van der Waals surface area (Å²) in [4.78, 5) is 25.6. The monoisotopic (exact) mass is 403 g/mol. The molecule has 2 aliphatic carbocycles. The molecular formula is C25H41NO3. The molecule has 1 amide bonds. The van der Waals surface area contributed by atoms with Crippen molar-refractivity contribution in [3.05, 3.63) is 23.8 Å². The second kappa shape index (κ2) is 11.7. The van der Waals surface area contributed by atoms with Crippen LogP contribution in [-0.4, -0.2) is 41.9 Å². The van der Waals surface area contributed by atoms with Crippen molar-refractivity contribution in [2.24, 2.45) is 23.7 Å². The highest BCUT2D eigenvalue weighted by molar-refractivity contribution is 5.89. The molecule has 4 heteroatoms. The van der Waals surface area contributed by atoms with Crippen LogP contribution in [0.4, 0.5) is 0 Å². The third-order valence-corrected chi connectivity index (χ3v) is 6.69. The molecule has 0 bridgehead atoms. The predicted molar refractivity (Wildman–Crippen MR) is 118 cm³/mol. The van der Waals surface area contributed by atoms with Crippen LogP contribution in [0, 0.1) is 23.7 Å². The van der Waals surface area contributed by atoms with Crippen molar-refractivity contribution in [1.29, 1.82) is 0 Å². The van der Waals surface area contributed by atoms with Crippen LogP contribution < -0.4 is 0 Å². The van der Waals surface area contributed by atoms with Gasteiger partial charge in [-0.15, -0.1) is 0 Å². The van der Waals surface area contributed by atoms with Gasteiger partial charge in [0, 0.05) is 32.9 Å². The maximum atomic E-state index is 12.3. The van der Waals surface area contributed by atoms with E-state index in [9.17, 15) is 14.7 Å². The number of fused-ring (bicyclic) bond motifs is 1. The van der Waals surface area contributed by atoms with Crippen molar-refractivity contribution in [2.45, 2.75) is 84.2 Å². The molecule has 1 N–H and O–H groups in total. The summed E-state index contributed by atoms with van der Waals surface area (Å²) < 4.78 is 0. The smallest absolute Gasteiger partial charge is 0.222 e. The molecule has 0 aromatic heterocycles. The van der Waals surface area contributed by atoms with Gasteiger partial charge in [0.25, 0.3) is 0 Å². The Bertz CT molecular complexity index is 607. The zero-order valence-electron chi connectivity index (χ0n) is 18.9. The van der Waals surface area contributed by atoms with Crippen LogP contribution in [0.1, 0.15) is 78.1 Å². The van der Waals surface area contributed by atoms with Crippen LogP contribution in [0.15, 0.2) is 23.8 Å². The molecule has 0 spiro atoms. The number of hydrogen-bond acceptors (Lipinski definition) is 3. The zero-order chi connectivity index (χ0) is 21.4. The van der Waals surface area contributed by atoms with Gasteiger partial charge in [-0.3, -0.25) is 9.59 Å². The molecule has 4 nitrogen and oxygen atoms in total.